The second kappa shape index (κ2) is 7.17. The molecular weight excluding hydrogens is 182 g/mol. The SMILES string of the molecule is COC(CNCC(C)(C)CCO)OC. The summed E-state index contributed by atoms with van der Waals surface area (Å²) in [6.07, 6.45) is 0.602. The standard InChI is InChI=1S/C10H23NO3/c1-10(2,5-6-12)8-11-7-9(13-3)14-4/h9,11-12H,5-8H2,1-4H3. The zero-order valence-electron chi connectivity index (χ0n) is 9.67. The van der Waals surface area contributed by atoms with Gasteiger partial charge in [0, 0.05) is 33.9 Å². The van der Waals surface area contributed by atoms with Crippen molar-refractivity contribution in [2.75, 3.05) is 33.9 Å². The third kappa shape index (κ3) is 6.32. The third-order valence-electron chi connectivity index (χ3n) is 2.23. The van der Waals surface area contributed by atoms with Crippen LogP contribution in [-0.4, -0.2) is 45.3 Å². The lowest BCUT2D eigenvalue weighted by molar-refractivity contribution is -0.0994. The second-order valence-corrected chi connectivity index (χ2v) is 4.17. The fraction of sp³-hybridized carbons (Fsp3) is 1.00. The van der Waals surface area contributed by atoms with E-state index in [-0.39, 0.29) is 18.3 Å². The first-order valence-corrected chi connectivity index (χ1v) is 4.93. The van der Waals surface area contributed by atoms with Gasteiger partial charge in [0.1, 0.15) is 0 Å². The van der Waals surface area contributed by atoms with E-state index in [0.717, 1.165) is 13.0 Å². The van der Waals surface area contributed by atoms with Crippen LogP contribution in [0.15, 0.2) is 0 Å². The van der Waals surface area contributed by atoms with Gasteiger partial charge in [0.25, 0.3) is 0 Å². The maximum atomic E-state index is 8.83. The molecule has 0 radical (unpaired) electrons. The van der Waals surface area contributed by atoms with Crippen LogP contribution in [0.4, 0.5) is 0 Å². The van der Waals surface area contributed by atoms with Gasteiger partial charge >= 0.3 is 0 Å². The van der Waals surface area contributed by atoms with E-state index < -0.39 is 0 Å². The Bertz CT molecular complexity index is 135. The summed E-state index contributed by atoms with van der Waals surface area (Å²) >= 11 is 0. The molecule has 0 aliphatic carbocycles. The molecule has 0 aromatic carbocycles. The number of nitrogens with one attached hydrogen (secondary N) is 1. The van der Waals surface area contributed by atoms with Crippen LogP contribution < -0.4 is 5.32 Å². The second-order valence-electron chi connectivity index (χ2n) is 4.17. The van der Waals surface area contributed by atoms with E-state index >= 15 is 0 Å². The van der Waals surface area contributed by atoms with Crippen molar-refractivity contribution in [1.29, 1.82) is 0 Å². The molecule has 4 nitrogen and oxygen atoms in total. The zero-order valence-corrected chi connectivity index (χ0v) is 9.67. The number of aliphatic hydroxyl groups excluding tert-OH is 1. The summed E-state index contributed by atoms with van der Waals surface area (Å²) in [6, 6.07) is 0. The topological polar surface area (TPSA) is 50.7 Å². The molecule has 0 saturated carbocycles. The molecule has 0 amide bonds. The van der Waals surface area contributed by atoms with Crippen LogP contribution in [0.5, 0.6) is 0 Å². The van der Waals surface area contributed by atoms with Crippen molar-refractivity contribution in [3.63, 3.8) is 0 Å². The number of hydrogen-bond donors (Lipinski definition) is 2. The Kier molecular flexibility index (Phi) is 7.09. The van der Waals surface area contributed by atoms with Crippen molar-refractivity contribution >= 4 is 0 Å². The Morgan fingerprint density at radius 3 is 2.29 bits per heavy atom. The summed E-state index contributed by atoms with van der Waals surface area (Å²) in [5, 5.41) is 12.1. The van der Waals surface area contributed by atoms with Gasteiger partial charge in [-0.05, 0) is 11.8 Å². The van der Waals surface area contributed by atoms with Gasteiger partial charge in [0.05, 0.1) is 0 Å². The van der Waals surface area contributed by atoms with Gasteiger partial charge in [-0.1, -0.05) is 13.8 Å². The lowest BCUT2D eigenvalue weighted by atomic mass is 9.90. The summed E-state index contributed by atoms with van der Waals surface area (Å²) in [5.41, 5.74) is 0.112. The minimum absolute atomic E-state index is 0.112. The fourth-order valence-electron chi connectivity index (χ4n) is 1.18. The highest BCUT2D eigenvalue weighted by Crippen LogP contribution is 2.17. The number of ether oxygens (including phenoxy) is 2. The van der Waals surface area contributed by atoms with Gasteiger partial charge in [0.15, 0.2) is 6.29 Å². The highest BCUT2D eigenvalue weighted by Gasteiger charge is 2.17. The first-order valence-electron chi connectivity index (χ1n) is 4.93. The zero-order chi connectivity index (χ0) is 11.0. The smallest absolute Gasteiger partial charge is 0.169 e. The molecule has 0 unspecified atom stereocenters. The molecule has 0 spiro atoms. The quantitative estimate of drug-likeness (QED) is 0.570. The van der Waals surface area contributed by atoms with E-state index in [0.29, 0.717) is 6.54 Å². The first kappa shape index (κ1) is 13.8. The predicted octanol–water partition coefficient (Wildman–Crippen LogP) is 0.603. The molecule has 4 heteroatoms. The van der Waals surface area contributed by atoms with Gasteiger partial charge in [0.2, 0.25) is 0 Å². The summed E-state index contributed by atoms with van der Waals surface area (Å²) < 4.78 is 10.1. The monoisotopic (exact) mass is 205 g/mol. The maximum Gasteiger partial charge on any atom is 0.169 e. The van der Waals surface area contributed by atoms with E-state index in [4.69, 9.17) is 14.6 Å². The van der Waals surface area contributed by atoms with Crippen molar-refractivity contribution in [3.8, 4) is 0 Å². The Morgan fingerprint density at radius 1 is 1.29 bits per heavy atom. The van der Waals surface area contributed by atoms with Crippen LogP contribution in [0.3, 0.4) is 0 Å². The van der Waals surface area contributed by atoms with Gasteiger partial charge in [-0.3, -0.25) is 0 Å². The molecule has 0 saturated heterocycles. The third-order valence-corrected chi connectivity index (χ3v) is 2.23. The molecule has 0 aromatic heterocycles. The van der Waals surface area contributed by atoms with Crippen LogP contribution in [-0.2, 0) is 9.47 Å². The average Bonchev–Trinajstić information content (AvgIpc) is 2.12. The van der Waals surface area contributed by atoms with Crippen molar-refractivity contribution in [2.45, 2.75) is 26.6 Å². The molecular formula is C10H23NO3. The van der Waals surface area contributed by atoms with Gasteiger partial charge in [-0.25, -0.2) is 0 Å². The lowest BCUT2D eigenvalue weighted by Crippen LogP contribution is -2.36. The Hall–Kier alpha value is -0.160. The minimum Gasteiger partial charge on any atom is -0.396 e. The van der Waals surface area contributed by atoms with Crippen LogP contribution in [0, 0.1) is 5.41 Å². The van der Waals surface area contributed by atoms with Crippen LogP contribution in [0.25, 0.3) is 0 Å². The van der Waals surface area contributed by atoms with Gasteiger partial charge in [-0.15, -0.1) is 0 Å². The lowest BCUT2D eigenvalue weighted by Gasteiger charge is -2.25. The molecule has 0 fully saturated rings. The molecule has 0 atom stereocenters. The molecule has 0 aromatic rings. The van der Waals surface area contributed by atoms with Crippen molar-refractivity contribution in [2.24, 2.45) is 5.41 Å². The molecule has 0 bridgehead atoms. The Morgan fingerprint density at radius 2 is 1.86 bits per heavy atom. The van der Waals surface area contributed by atoms with Crippen molar-refractivity contribution in [3.05, 3.63) is 0 Å². The van der Waals surface area contributed by atoms with Crippen molar-refractivity contribution < 1.29 is 14.6 Å². The molecule has 0 rings (SSSR count). The largest absolute Gasteiger partial charge is 0.396 e. The number of hydrogen-bond acceptors (Lipinski definition) is 4. The van der Waals surface area contributed by atoms with Gasteiger partial charge in [-0.2, -0.15) is 0 Å². The Balaban J connectivity index is 3.60. The molecule has 0 heterocycles. The summed E-state index contributed by atoms with van der Waals surface area (Å²) in [4.78, 5) is 0. The van der Waals surface area contributed by atoms with Crippen molar-refractivity contribution in [1.82, 2.24) is 5.32 Å². The van der Waals surface area contributed by atoms with E-state index in [1.807, 2.05) is 0 Å². The van der Waals surface area contributed by atoms with E-state index in [1.165, 1.54) is 0 Å². The number of rotatable bonds is 8. The minimum atomic E-state index is -0.195. The van der Waals surface area contributed by atoms with Crippen LogP contribution in [0.2, 0.25) is 0 Å². The molecule has 0 aliphatic rings. The molecule has 14 heavy (non-hydrogen) atoms. The first-order chi connectivity index (χ1) is 6.55. The fourth-order valence-corrected chi connectivity index (χ4v) is 1.18. The molecule has 0 aliphatic heterocycles. The van der Waals surface area contributed by atoms with E-state index in [1.54, 1.807) is 14.2 Å². The highest BCUT2D eigenvalue weighted by molar-refractivity contribution is 4.71. The van der Waals surface area contributed by atoms with E-state index in [2.05, 4.69) is 19.2 Å². The van der Waals surface area contributed by atoms with Gasteiger partial charge < -0.3 is 19.9 Å². The average molecular weight is 205 g/mol. The molecule has 2 N–H and O–H groups in total. The van der Waals surface area contributed by atoms with E-state index in [9.17, 15) is 0 Å². The number of aliphatic hydroxyl groups is 1. The Labute approximate surface area is 86.6 Å². The number of methoxy groups -OCH3 is 2. The normalized spacial score (nSPS) is 12.4. The predicted molar refractivity (Wildman–Crippen MR) is 56.2 cm³/mol. The maximum absolute atomic E-state index is 8.83. The summed E-state index contributed by atoms with van der Waals surface area (Å²) in [5.74, 6) is 0. The summed E-state index contributed by atoms with van der Waals surface area (Å²) in [6.45, 7) is 5.97. The summed E-state index contributed by atoms with van der Waals surface area (Å²) in [7, 11) is 3.24. The highest BCUT2D eigenvalue weighted by atomic mass is 16.7. The molecule has 86 valence electrons. The van der Waals surface area contributed by atoms with Crippen LogP contribution in [0.1, 0.15) is 20.3 Å². The van der Waals surface area contributed by atoms with Crippen LogP contribution >= 0.6 is 0 Å².